The number of aromatic amines is 1. The third-order valence-electron chi connectivity index (χ3n) is 7.42. The lowest BCUT2D eigenvalue weighted by molar-refractivity contribution is 0.196. The normalized spacial score (nSPS) is 17.8. The molecule has 5 rings (SSSR count). The van der Waals surface area contributed by atoms with Crippen molar-refractivity contribution < 1.29 is 13.2 Å². The third kappa shape index (κ3) is 5.58. The van der Waals surface area contributed by atoms with E-state index in [4.69, 9.17) is 9.72 Å². The molecule has 2 aliphatic heterocycles. The fraction of sp³-hybridized carbons (Fsp3) is 0.615. The standard InChI is InChI=1S/C25H36N8O4S.CH4/c1-4-20-21-22(30-33(20)17-7-9-26-10-8-17)24(34)29-23(28-21)19-15-18(16-27-25(19)37-6-3)38(35,36)32-13-11-31(5-2)12-14-32;/h15-17,26H,4-14H2,1-3H3,(H,28,29,34);1H4. The van der Waals surface area contributed by atoms with E-state index in [2.05, 4.69) is 32.2 Å². The highest BCUT2D eigenvalue weighted by atomic mass is 32.2. The molecule has 2 fully saturated rings. The number of likely N-dealkylation sites (N-methyl/N-ethyl adjacent to an activating group) is 1. The highest BCUT2D eigenvalue weighted by Gasteiger charge is 2.30. The second-order valence-corrected chi connectivity index (χ2v) is 11.6. The minimum absolute atomic E-state index is 0. The summed E-state index contributed by atoms with van der Waals surface area (Å²) in [6.45, 7) is 11.1. The summed E-state index contributed by atoms with van der Waals surface area (Å²) in [5, 5.41) is 8.02. The highest BCUT2D eigenvalue weighted by molar-refractivity contribution is 7.89. The van der Waals surface area contributed by atoms with Crippen LogP contribution in [0.2, 0.25) is 0 Å². The fourth-order valence-electron chi connectivity index (χ4n) is 5.28. The van der Waals surface area contributed by atoms with E-state index in [1.807, 2.05) is 18.5 Å². The molecule has 2 aliphatic rings. The van der Waals surface area contributed by atoms with Crippen LogP contribution in [0, 0.1) is 0 Å². The first-order valence-corrected chi connectivity index (χ1v) is 14.9. The maximum atomic E-state index is 13.5. The van der Waals surface area contributed by atoms with Crippen molar-refractivity contribution in [1.82, 2.24) is 39.3 Å². The van der Waals surface area contributed by atoms with Crippen LogP contribution >= 0.6 is 0 Å². The molecule has 0 radical (unpaired) electrons. The molecule has 0 atom stereocenters. The number of pyridine rings is 1. The number of hydrogen-bond acceptors (Lipinski definition) is 9. The van der Waals surface area contributed by atoms with Crippen LogP contribution in [0.5, 0.6) is 5.88 Å². The summed E-state index contributed by atoms with van der Waals surface area (Å²) >= 11 is 0. The molecule has 0 bridgehead atoms. The average Bonchev–Trinajstić information content (AvgIpc) is 3.33. The number of piperidine rings is 1. The second kappa shape index (κ2) is 12.1. The number of aromatic nitrogens is 5. The number of aryl methyl sites for hydroxylation is 1. The average molecular weight is 561 g/mol. The molecule has 5 heterocycles. The topological polar surface area (TPSA) is 138 Å². The Kier molecular flexibility index (Phi) is 9.04. The van der Waals surface area contributed by atoms with E-state index in [1.54, 1.807) is 0 Å². The first kappa shape index (κ1) is 29.1. The zero-order valence-electron chi connectivity index (χ0n) is 22.2. The van der Waals surface area contributed by atoms with E-state index >= 15 is 0 Å². The molecular weight excluding hydrogens is 520 g/mol. The number of sulfonamides is 1. The zero-order chi connectivity index (χ0) is 26.9. The van der Waals surface area contributed by atoms with Crippen molar-refractivity contribution in [3.63, 3.8) is 0 Å². The van der Waals surface area contributed by atoms with Crippen LogP contribution in [0.3, 0.4) is 0 Å². The van der Waals surface area contributed by atoms with Gasteiger partial charge in [0.2, 0.25) is 15.9 Å². The van der Waals surface area contributed by atoms with Crippen LogP contribution in [0.25, 0.3) is 22.4 Å². The van der Waals surface area contributed by atoms with Gasteiger partial charge in [-0.05, 0) is 51.9 Å². The van der Waals surface area contributed by atoms with Crippen molar-refractivity contribution >= 4 is 21.1 Å². The van der Waals surface area contributed by atoms with Crippen LogP contribution in [0.15, 0.2) is 22.0 Å². The van der Waals surface area contributed by atoms with Gasteiger partial charge in [0.15, 0.2) is 5.52 Å². The Hall–Kier alpha value is -2.87. The lowest BCUT2D eigenvalue weighted by atomic mass is 10.1. The van der Waals surface area contributed by atoms with Gasteiger partial charge in [0.25, 0.3) is 5.56 Å². The molecule has 0 amide bonds. The number of nitrogens with zero attached hydrogens (tertiary/aromatic N) is 6. The molecule has 0 spiro atoms. The second-order valence-electron chi connectivity index (χ2n) is 9.63. The van der Waals surface area contributed by atoms with Gasteiger partial charge in [-0.15, -0.1) is 0 Å². The highest BCUT2D eigenvalue weighted by Crippen LogP contribution is 2.31. The molecule has 0 unspecified atom stereocenters. The quantitative estimate of drug-likeness (QED) is 0.424. The Morgan fingerprint density at radius 1 is 1.08 bits per heavy atom. The minimum Gasteiger partial charge on any atom is -0.477 e. The molecule has 13 heteroatoms. The zero-order valence-corrected chi connectivity index (χ0v) is 23.1. The van der Waals surface area contributed by atoms with Crippen molar-refractivity contribution in [1.29, 1.82) is 0 Å². The van der Waals surface area contributed by atoms with Crippen molar-refractivity contribution in [3.8, 4) is 17.3 Å². The van der Waals surface area contributed by atoms with E-state index < -0.39 is 10.0 Å². The summed E-state index contributed by atoms with van der Waals surface area (Å²) in [6, 6.07) is 1.71. The van der Waals surface area contributed by atoms with Gasteiger partial charge in [0.05, 0.1) is 30.1 Å². The summed E-state index contributed by atoms with van der Waals surface area (Å²) in [5.41, 5.74) is 1.65. The summed E-state index contributed by atoms with van der Waals surface area (Å²) in [4.78, 5) is 27.4. The summed E-state index contributed by atoms with van der Waals surface area (Å²) in [6.07, 6.45) is 3.83. The Morgan fingerprint density at radius 2 is 1.79 bits per heavy atom. The number of fused-ring (bicyclic) bond motifs is 1. The monoisotopic (exact) mass is 560 g/mol. The van der Waals surface area contributed by atoms with Gasteiger partial charge in [0, 0.05) is 26.2 Å². The van der Waals surface area contributed by atoms with Crippen molar-refractivity contribution in [2.24, 2.45) is 0 Å². The molecule has 2 saturated heterocycles. The number of nitrogens with one attached hydrogen (secondary N) is 2. The van der Waals surface area contributed by atoms with Gasteiger partial charge in [-0.25, -0.2) is 18.4 Å². The van der Waals surface area contributed by atoms with Crippen molar-refractivity contribution in [2.75, 3.05) is 52.4 Å². The number of rotatable bonds is 8. The molecule has 3 aromatic heterocycles. The smallest absolute Gasteiger partial charge is 0.279 e. The Morgan fingerprint density at radius 3 is 2.44 bits per heavy atom. The van der Waals surface area contributed by atoms with Crippen LogP contribution < -0.4 is 15.6 Å². The van der Waals surface area contributed by atoms with Crippen LogP contribution in [-0.2, 0) is 16.4 Å². The number of hydrogen-bond donors (Lipinski definition) is 2. The van der Waals surface area contributed by atoms with Crippen molar-refractivity contribution in [3.05, 3.63) is 28.3 Å². The predicted octanol–water partition coefficient (Wildman–Crippen LogP) is 2.03. The van der Waals surface area contributed by atoms with Gasteiger partial charge in [-0.1, -0.05) is 21.3 Å². The molecule has 2 N–H and O–H groups in total. The Balaban J connectivity index is 0.00000353. The molecule has 39 heavy (non-hydrogen) atoms. The van der Waals surface area contributed by atoms with Crippen molar-refractivity contribution in [2.45, 2.75) is 58.4 Å². The van der Waals surface area contributed by atoms with E-state index in [0.717, 1.165) is 38.2 Å². The van der Waals surface area contributed by atoms with Gasteiger partial charge >= 0.3 is 0 Å². The third-order valence-corrected chi connectivity index (χ3v) is 9.28. The molecule has 12 nitrogen and oxygen atoms in total. The summed E-state index contributed by atoms with van der Waals surface area (Å²) < 4.78 is 36.2. The largest absolute Gasteiger partial charge is 0.477 e. The molecule has 0 saturated carbocycles. The van der Waals surface area contributed by atoms with Gasteiger partial charge in [-0.3, -0.25) is 9.48 Å². The molecular formula is C26H40N8O4S. The number of piperazine rings is 1. The van der Waals surface area contributed by atoms with Crippen LogP contribution in [0.4, 0.5) is 0 Å². The fourth-order valence-corrected chi connectivity index (χ4v) is 6.67. The number of H-pyrrole nitrogens is 1. The summed E-state index contributed by atoms with van der Waals surface area (Å²) in [5.74, 6) is 0.430. The minimum atomic E-state index is -3.79. The SMILES string of the molecule is C.CCOc1ncc(S(=O)(=O)N2CCN(CC)CC2)cc1-c1nc2c(CC)n(C3CCNCC3)nc2c(=O)[nH]1. The Labute approximate surface area is 229 Å². The molecule has 3 aromatic rings. The van der Waals surface area contributed by atoms with Gasteiger partial charge in [-0.2, -0.15) is 9.40 Å². The first-order valence-electron chi connectivity index (χ1n) is 13.4. The predicted molar refractivity (Wildman–Crippen MR) is 151 cm³/mol. The van der Waals surface area contributed by atoms with E-state index in [9.17, 15) is 13.2 Å². The summed E-state index contributed by atoms with van der Waals surface area (Å²) in [7, 11) is -3.79. The lowest BCUT2D eigenvalue weighted by Crippen LogP contribution is -2.48. The van der Waals surface area contributed by atoms with E-state index in [1.165, 1.54) is 16.6 Å². The molecule has 0 aromatic carbocycles. The maximum Gasteiger partial charge on any atom is 0.279 e. The van der Waals surface area contributed by atoms with Crippen LogP contribution in [-0.4, -0.2) is 94.8 Å². The number of ether oxygens (including phenoxy) is 1. The lowest BCUT2D eigenvalue weighted by Gasteiger charge is -2.33. The molecule has 214 valence electrons. The van der Waals surface area contributed by atoms with Gasteiger partial charge < -0.3 is 19.9 Å². The van der Waals surface area contributed by atoms with E-state index in [0.29, 0.717) is 50.3 Å². The molecule has 0 aliphatic carbocycles. The Bertz CT molecular complexity index is 1450. The van der Waals surface area contributed by atoms with Gasteiger partial charge in [0.1, 0.15) is 16.2 Å². The maximum absolute atomic E-state index is 13.5. The first-order chi connectivity index (χ1) is 18.4. The van der Waals surface area contributed by atoms with E-state index in [-0.39, 0.29) is 41.1 Å². The van der Waals surface area contributed by atoms with Crippen LogP contribution in [0.1, 0.15) is 52.8 Å².